The van der Waals surface area contributed by atoms with Crippen molar-refractivity contribution in [2.75, 3.05) is 6.54 Å². The van der Waals surface area contributed by atoms with Crippen LogP contribution in [0.2, 0.25) is 0 Å². The van der Waals surface area contributed by atoms with Crippen LogP contribution in [0.25, 0.3) is 0 Å². The zero-order valence-electron chi connectivity index (χ0n) is 12.4. The normalized spacial score (nSPS) is 23.4. The van der Waals surface area contributed by atoms with E-state index < -0.39 is 28.4 Å². The van der Waals surface area contributed by atoms with Crippen molar-refractivity contribution < 1.29 is 23.1 Å². The molecule has 0 bridgehead atoms. The van der Waals surface area contributed by atoms with Gasteiger partial charge in [-0.25, -0.2) is 8.42 Å². The van der Waals surface area contributed by atoms with Gasteiger partial charge < -0.3 is 9.84 Å². The number of hydrogen-bond acceptors (Lipinski definition) is 4. The summed E-state index contributed by atoms with van der Waals surface area (Å²) in [5.74, 6) is -0.570. The lowest BCUT2D eigenvalue weighted by Gasteiger charge is -2.37. The van der Waals surface area contributed by atoms with Gasteiger partial charge in [-0.05, 0) is 26.8 Å². The lowest BCUT2D eigenvalue weighted by molar-refractivity contribution is -0.149. The van der Waals surface area contributed by atoms with Gasteiger partial charge in [-0.1, -0.05) is 18.7 Å². The first-order chi connectivity index (χ1) is 9.72. The molecule has 6 nitrogen and oxygen atoms in total. The number of allylic oxidation sites excluding steroid dienone is 3. The Morgan fingerprint density at radius 3 is 2.62 bits per heavy atom. The first kappa shape index (κ1) is 17.3. The highest BCUT2D eigenvalue weighted by atomic mass is 32.2. The molecule has 1 aliphatic rings. The van der Waals surface area contributed by atoms with Crippen molar-refractivity contribution in [1.82, 2.24) is 4.31 Å². The summed E-state index contributed by atoms with van der Waals surface area (Å²) in [6, 6.07) is 0. The molecule has 1 aliphatic heterocycles. The Balaban J connectivity index is 3.09. The van der Waals surface area contributed by atoms with Gasteiger partial charge in [0.05, 0.1) is 17.7 Å². The molecule has 21 heavy (non-hydrogen) atoms. The van der Waals surface area contributed by atoms with Gasteiger partial charge in [0.2, 0.25) is 10.9 Å². The van der Waals surface area contributed by atoms with E-state index in [2.05, 4.69) is 6.58 Å². The SMILES string of the molecule is C=C/C=C1/O[C@@H](CC(C)(C)C(=O)O)CN([SH](=O)=O)/C1=C/C. The van der Waals surface area contributed by atoms with Crippen molar-refractivity contribution in [3.63, 3.8) is 0 Å². The number of nitrogens with zero attached hydrogens (tertiary/aromatic N) is 1. The van der Waals surface area contributed by atoms with Crippen LogP contribution in [0.5, 0.6) is 0 Å². The monoisotopic (exact) mass is 315 g/mol. The van der Waals surface area contributed by atoms with Crippen molar-refractivity contribution in [3.8, 4) is 0 Å². The standard InChI is InChI=1S/C14H21NO5S/c1-5-7-12-11(6-2)15(21(18)19)9-10(20-12)8-14(3,4)13(16)17/h5-7,10,21H,1,8-9H2,2-4H3,(H,16,17)/b11-6+,12-7+/t10-/m0/s1. The van der Waals surface area contributed by atoms with Crippen LogP contribution in [-0.4, -0.2) is 36.4 Å². The summed E-state index contributed by atoms with van der Waals surface area (Å²) in [6.07, 6.45) is 4.38. The number of morpholine rings is 1. The first-order valence-corrected chi connectivity index (χ1v) is 7.67. The van der Waals surface area contributed by atoms with Crippen molar-refractivity contribution in [2.45, 2.75) is 33.3 Å². The van der Waals surface area contributed by atoms with Crippen LogP contribution in [0.1, 0.15) is 27.2 Å². The van der Waals surface area contributed by atoms with Gasteiger partial charge in [-0.3, -0.25) is 9.10 Å². The summed E-state index contributed by atoms with van der Waals surface area (Å²) in [6.45, 7) is 8.56. The maximum Gasteiger partial charge on any atom is 0.309 e. The second kappa shape index (κ2) is 6.80. The summed E-state index contributed by atoms with van der Waals surface area (Å²) in [5.41, 5.74) is -0.562. The van der Waals surface area contributed by atoms with Gasteiger partial charge in [0, 0.05) is 6.42 Å². The van der Waals surface area contributed by atoms with Crippen LogP contribution in [0.3, 0.4) is 0 Å². The van der Waals surface area contributed by atoms with Gasteiger partial charge in [0.15, 0.2) is 0 Å². The van der Waals surface area contributed by atoms with Gasteiger partial charge in [-0.2, -0.15) is 0 Å². The van der Waals surface area contributed by atoms with E-state index in [1.807, 2.05) is 0 Å². The Morgan fingerprint density at radius 2 is 2.19 bits per heavy atom. The average molecular weight is 315 g/mol. The van der Waals surface area contributed by atoms with E-state index in [4.69, 9.17) is 4.74 Å². The van der Waals surface area contributed by atoms with Crippen LogP contribution in [-0.2, 0) is 20.4 Å². The molecule has 0 spiro atoms. The van der Waals surface area contributed by atoms with E-state index in [9.17, 15) is 18.3 Å². The number of ether oxygens (including phenoxy) is 1. The quantitative estimate of drug-likeness (QED) is 0.754. The molecule has 118 valence electrons. The zero-order chi connectivity index (χ0) is 16.2. The molecule has 1 N–H and O–H groups in total. The largest absolute Gasteiger partial charge is 0.486 e. The molecular formula is C14H21NO5S. The molecule has 1 saturated heterocycles. The molecule has 1 heterocycles. The maximum atomic E-state index is 11.4. The molecule has 0 amide bonds. The molecule has 0 aromatic heterocycles. The van der Waals surface area contributed by atoms with Crippen molar-refractivity contribution in [2.24, 2.45) is 5.41 Å². The lowest BCUT2D eigenvalue weighted by Crippen LogP contribution is -2.42. The summed E-state index contributed by atoms with van der Waals surface area (Å²) in [7, 11) is -2.82. The topological polar surface area (TPSA) is 83.9 Å². The fraction of sp³-hybridized carbons (Fsp3) is 0.500. The van der Waals surface area contributed by atoms with Crippen LogP contribution in [0, 0.1) is 5.41 Å². The predicted molar refractivity (Wildman–Crippen MR) is 80.0 cm³/mol. The maximum absolute atomic E-state index is 11.4. The highest BCUT2D eigenvalue weighted by Crippen LogP contribution is 2.32. The minimum atomic E-state index is -2.82. The Kier molecular flexibility index (Phi) is 5.60. The van der Waals surface area contributed by atoms with E-state index >= 15 is 0 Å². The van der Waals surface area contributed by atoms with E-state index in [1.165, 1.54) is 10.4 Å². The van der Waals surface area contributed by atoms with E-state index in [0.717, 1.165) is 0 Å². The van der Waals surface area contributed by atoms with Crippen molar-refractivity contribution in [3.05, 3.63) is 36.3 Å². The lowest BCUT2D eigenvalue weighted by atomic mass is 9.86. The van der Waals surface area contributed by atoms with Gasteiger partial charge >= 0.3 is 5.97 Å². The van der Waals surface area contributed by atoms with Crippen LogP contribution in [0.4, 0.5) is 0 Å². The smallest absolute Gasteiger partial charge is 0.309 e. The molecule has 7 heteroatoms. The number of carbonyl (C=O) groups is 1. The first-order valence-electron chi connectivity index (χ1n) is 6.54. The molecule has 1 rings (SSSR count). The van der Waals surface area contributed by atoms with Crippen molar-refractivity contribution >= 4 is 16.9 Å². The molecule has 0 aromatic rings. The Morgan fingerprint density at radius 1 is 1.57 bits per heavy atom. The fourth-order valence-corrected chi connectivity index (χ4v) is 2.84. The molecule has 0 unspecified atom stereocenters. The van der Waals surface area contributed by atoms with Gasteiger partial charge in [-0.15, -0.1) is 0 Å². The number of hydrogen-bond donors (Lipinski definition) is 2. The molecule has 0 saturated carbocycles. The van der Waals surface area contributed by atoms with Crippen LogP contribution < -0.4 is 0 Å². The molecule has 0 radical (unpaired) electrons. The van der Waals surface area contributed by atoms with E-state index in [0.29, 0.717) is 11.5 Å². The molecule has 1 atom stereocenters. The summed E-state index contributed by atoms with van der Waals surface area (Å²) < 4.78 is 29.8. The third-order valence-corrected chi connectivity index (χ3v) is 4.03. The predicted octanol–water partition coefficient (Wildman–Crippen LogP) is 1.69. The number of rotatable bonds is 5. The minimum absolute atomic E-state index is 0.101. The minimum Gasteiger partial charge on any atom is -0.486 e. The number of thiol groups is 1. The molecule has 0 aliphatic carbocycles. The highest BCUT2D eigenvalue weighted by molar-refractivity contribution is 7.70. The number of aliphatic carboxylic acids is 1. The van der Waals surface area contributed by atoms with Crippen LogP contribution >= 0.6 is 0 Å². The Hall–Kier alpha value is -1.76. The number of carboxylic acids is 1. The fourth-order valence-electron chi connectivity index (χ4n) is 2.14. The third kappa shape index (κ3) is 4.10. The van der Waals surface area contributed by atoms with Gasteiger partial charge in [0.25, 0.3) is 0 Å². The molecule has 1 fully saturated rings. The average Bonchev–Trinajstić information content (AvgIpc) is 2.37. The second-order valence-electron chi connectivity index (χ2n) is 5.39. The summed E-state index contributed by atoms with van der Waals surface area (Å²) >= 11 is 0. The Labute approximate surface area is 126 Å². The van der Waals surface area contributed by atoms with Crippen molar-refractivity contribution in [1.29, 1.82) is 0 Å². The highest BCUT2D eigenvalue weighted by Gasteiger charge is 2.36. The molecular weight excluding hydrogens is 294 g/mol. The summed E-state index contributed by atoms with van der Waals surface area (Å²) in [4.78, 5) is 11.2. The van der Waals surface area contributed by atoms with E-state index in [1.54, 1.807) is 32.9 Å². The van der Waals surface area contributed by atoms with Gasteiger partial charge in [0.1, 0.15) is 11.9 Å². The summed E-state index contributed by atoms with van der Waals surface area (Å²) in [5, 5.41) is 9.18. The number of carboxylic acid groups (broad SMARTS) is 1. The van der Waals surface area contributed by atoms with Crippen LogP contribution in [0.15, 0.2) is 36.3 Å². The third-order valence-electron chi connectivity index (χ3n) is 3.26. The van der Waals surface area contributed by atoms with E-state index in [-0.39, 0.29) is 13.0 Å². The molecule has 0 aromatic carbocycles. The zero-order valence-corrected chi connectivity index (χ0v) is 13.3. The second-order valence-corrected chi connectivity index (χ2v) is 6.35. The Bertz CT molecular complexity index is 552.